The number of non-ortho nitro benzene ring substituents is 1. The van der Waals surface area contributed by atoms with E-state index in [0.717, 1.165) is 48.9 Å². The molecule has 1 aromatic carbocycles. The number of rotatable bonds is 5. The van der Waals surface area contributed by atoms with Crippen molar-refractivity contribution < 1.29 is 4.92 Å². The van der Waals surface area contributed by atoms with Gasteiger partial charge in [0.2, 0.25) is 0 Å². The Hall–Kier alpha value is -1.27. The van der Waals surface area contributed by atoms with Crippen molar-refractivity contribution in [3.05, 3.63) is 33.9 Å². The van der Waals surface area contributed by atoms with Crippen LogP contribution < -0.4 is 5.32 Å². The molecule has 0 aromatic heterocycles. The average molecular weight is 281 g/mol. The number of nitro groups is 1. The maximum Gasteiger partial charge on any atom is 0.269 e. The highest BCUT2D eigenvalue weighted by Gasteiger charge is 2.15. The van der Waals surface area contributed by atoms with Crippen molar-refractivity contribution in [1.82, 2.24) is 4.90 Å². The third kappa shape index (κ3) is 3.84. The Kier molecular flexibility index (Phi) is 5.04. The van der Waals surface area contributed by atoms with E-state index in [-0.39, 0.29) is 10.6 Å². The van der Waals surface area contributed by atoms with Gasteiger partial charge in [0.1, 0.15) is 0 Å². The zero-order valence-corrected chi connectivity index (χ0v) is 11.9. The molecule has 0 aliphatic carbocycles. The van der Waals surface area contributed by atoms with Gasteiger partial charge in [-0.3, -0.25) is 15.0 Å². The Morgan fingerprint density at radius 3 is 2.79 bits per heavy atom. The van der Waals surface area contributed by atoms with Gasteiger partial charge in [-0.05, 0) is 18.6 Å². The minimum absolute atomic E-state index is 0.169. The van der Waals surface area contributed by atoms with Crippen molar-refractivity contribution >= 4 is 23.1 Å². The fraction of sp³-hybridized carbons (Fsp3) is 0.538. The average Bonchev–Trinajstić information content (AvgIpc) is 2.42. The molecule has 1 saturated heterocycles. The quantitative estimate of drug-likeness (QED) is 0.664. The summed E-state index contributed by atoms with van der Waals surface area (Å²) in [6, 6.07) is 5.07. The highest BCUT2D eigenvalue weighted by Crippen LogP contribution is 2.24. The molecule has 1 aliphatic heterocycles. The molecule has 0 unspecified atom stereocenters. The highest BCUT2D eigenvalue weighted by molar-refractivity contribution is 7.99. The summed E-state index contributed by atoms with van der Waals surface area (Å²) in [6.45, 7) is 5.74. The van der Waals surface area contributed by atoms with Crippen LogP contribution in [0.5, 0.6) is 0 Å². The van der Waals surface area contributed by atoms with E-state index >= 15 is 0 Å². The Balaban J connectivity index is 2.18. The normalized spacial score (nSPS) is 16.3. The van der Waals surface area contributed by atoms with Crippen LogP contribution in [0.1, 0.15) is 12.5 Å². The predicted molar refractivity (Wildman–Crippen MR) is 79.9 cm³/mol. The second-order valence-corrected chi connectivity index (χ2v) is 5.74. The van der Waals surface area contributed by atoms with Gasteiger partial charge in [0, 0.05) is 55.5 Å². The molecular weight excluding hydrogens is 262 g/mol. The largest absolute Gasteiger partial charge is 0.385 e. The van der Waals surface area contributed by atoms with Crippen LogP contribution in [-0.2, 0) is 6.54 Å². The van der Waals surface area contributed by atoms with E-state index in [4.69, 9.17) is 0 Å². The maximum absolute atomic E-state index is 10.9. The topological polar surface area (TPSA) is 58.4 Å². The van der Waals surface area contributed by atoms with E-state index in [1.165, 1.54) is 0 Å². The summed E-state index contributed by atoms with van der Waals surface area (Å²) in [4.78, 5) is 12.9. The number of hydrogen-bond acceptors (Lipinski definition) is 5. The fourth-order valence-electron chi connectivity index (χ4n) is 2.19. The minimum Gasteiger partial charge on any atom is -0.385 e. The number of nitrogens with one attached hydrogen (secondary N) is 1. The molecule has 2 rings (SSSR count). The van der Waals surface area contributed by atoms with Crippen molar-refractivity contribution in [1.29, 1.82) is 0 Å². The summed E-state index contributed by atoms with van der Waals surface area (Å²) in [5, 5.41) is 14.2. The predicted octanol–water partition coefficient (Wildman–Crippen LogP) is 2.58. The first-order chi connectivity index (χ1) is 9.20. The van der Waals surface area contributed by atoms with Crippen molar-refractivity contribution in [3.63, 3.8) is 0 Å². The fourth-order valence-corrected chi connectivity index (χ4v) is 3.17. The first-order valence-corrected chi connectivity index (χ1v) is 7.67. The lowest BCUT2D eigenvalue weighted by Gasteiger charge is -2.27. The number of nitrogens with zero attached hydrogens (tertiary/aromatic N) is 2. The van der Waals surface area contributed by atoms with Crippen molar-refractivity contribution in [3.8, 4) is 0 Å². The SMILES string of the molecule is CCNc1ccc([N+](=O)[O-])cc1CN1CCSCC1. The van der Waals surface area contributed by atoms with Crippen LogP contribution in [-0.4, -0.2) is 41.0 Å². The molecule has 1 heterocycles. The van der Waals surface area contributed by atoms with Gasteiger partial charge in [-0.15, -0.1) is 0 Å². The molecule has 6 heteroatoms. The minimum atomic E-state index is -0.328. The number of hydrogen-bond donors (Lipinski definition) is 1. The lowest BCUT2D eigenvalue weighted by atomic mass is 10.1. The lowest BCUT2D eigenvalue weighted by molar-refractivity contribution is -0.384. The van der Waals surface area contributed by atoms with Crippen LogP contribution in [0.3, 0.4) is 0 Å². The summed E-state index contributed by atoms with van der Waals surface area (Å²) in [5.41, 5.74) is 2.19. The summed E-state index contributed by atoms with van der Waals surface area (Å²) in [7, 11) is 0. The van der Waals surface area contributed by atoms with E-state index in [0.29, 0.717) is 0 Å². The van der Waals surface area contributed by atoms with E-state index < -0.39 is 0 Å². The van der Waals surface area contributed by atoms with Crippen LogP contribution in [0.15, 0.2) is 18.2 Å². The molecule has 0 saturated carbocycles. The lowest BCUT2D eigenvalue weighted by Crippen LogP contribution is -2.32. The zero-order valence-electron chi connectivity index (χ0n) is 11.1. The molecule has 5 nitrogen and oxygen atoms in total. The summed E-state index contributed by atoms with van der Waals surface area (Å²) in [6.07, 6.45) is 0. The van der Waals surface area contributed by atoms with Crippen LogP contribution in [0, 0.1) is 10.1 Å². The van der Waals surface area contributed by atoms with E-state index in [1.807, 2.05) is 24.8 Å². The first-order valence-electron chi connectivity index (χ1n) is 6.52. The van der Waals surface area contributed by atoms with Gasteiger partial charge in [-0.1, -0.05) is 0 Å². The Morgan fingerprint density at radius 2 is 2.16 bits per heavy atom. The molecule has 0 spiro atoms. The van der Waals surface area contributed by atoms with Gasteiger partial charge < -0.3 is 5.32 Å². The van der Waals surface area contributed by atoms with Crippen molar-refractivity contribution in [2.45, 2.75) is 13.5 Å². The molecule has 104 valence electrons. The third-order valence-electron chi connectivity index (χ3n) is 3.16. The van der Waals surface area contributed by atoms with E-state index in [9.17, 15) is 10.1 Å². The third-order valence-corrected chi connectivity index (χ3v) is 4.11. The molecule has 0 bridgehead atoms. The Bertz CT molecular complexity index is 448. The number of benzene rings is 1. The standard InChI is InChI=1S/C13H19N3O2S/c1-2-14-13-4-3-12(16(17)18)9-11(13)10-15-5-7-19-8-6-15/h3-4,9,14H,2,5-8,10H2,1H3. The van der Waals surface area contributed by atoms with Crippen molar-refractivity contribution in [2.24, 2.45) is 0 Å². The van der Waals surface area contributed by atoms with Gasteiger partial charge in [-0.25, -0.2) is 0 Å². The van der Waals surface area contributed by atoms with Gasteiger partial charge in [0.05, 0.1) is 4.92 Å². The van der Waals surface area contributed by atoms with Crippen LogP contribution in [0.4, 0.5) is 11.4 Å². The highest BCUT2D eigenvalue weighted by atomic mass is 32.2. The van der Waals surface area contributed by atoms with Gasteiger partial charge in [0.25, 0.3) is 5.69 Å². The van der Waals surface area contributed by atoms with Gasteiger partial charge >= 0.3 is 0 Å². The van der Waals surface area contributed by atoms with Crippen LogP contribution >= 0.6 is 11.8 Å². The van der Waals surface area contributed by atoms with Crippen molar-refractivity contribution in [2.75, 3.05) is 36.5 Å². The summed E-state index contributed by atoms with van der Waals surface area (Å²) >= 11 is 1.97. The zero-order chi connectivity index (χ0) is 13.7. The Morgan fingerprint density at radius 1 is 1.42 bits per heavy atom. The summed E-state index contributed by atoms with van der Waals surface area (Å²) < 4.78 is 0. The maximum atomic E-state index is 10.9. The first kappa shape index (κ1) is 14.1. The molecule has 19 heavy (non-hydrogen) atoms. The van der Waals surface area contributed by atoms with Crippen LogP contribution in [0.25, 0.3) is 0 Å². The second kappa shape index (κ2) is 6.77. The van der Waals surface area contributed by atoms with E-state index in [1.54, 1.807) is 12.1 Å². The smallest absolute Gasteiger partial charge is 0.269 e. The Labute approximate surface area is 117 Å². The molecule has 0 amide bonds. The molecular formula is C13H19N3O2S. The number of anilines is 1. The molecule has 0 radical (unpaired) electrons. The molecule has 1 N–H and O–H groups in total. The molecule has 1 aromatic rings. The molecule has 0 atom stereocenters. The van der Waals surface area contributed by atoms with E-state index in [2.05, 4.69) is 10.2 Å². The number of thioether (sulfide) groups is 1. The second-order valence-electron chi connectivity index (χ2n) is 4.52. The summed E-state index contributed by atoms with van der Waals surface area (Å²) in [5.74, 6) is 2.29. The van der Waals surface area contributed by atoms with Gasteiger partial charge in [0.15, 0.2) is 0 Å². The van der Waals surface area contributed by atoms with Gasteiger partial charge in [-0.2, -0.15) is 11.8 Å². The number of nitro benzene ring substituents is 1. The molecule has 1 aliphatic rings. The monoisotopic (exact) mass is 281 g/mol. The van der Waals surface area contributed by atoms with Crippen LogP contribution in [0.2, 0.25) is 0 Å². The molecule has 1 fully saturated rings.